The molecule has 0 aromatic heterocycles. The summed E-state index contributed by atoms with van der Waals surface area (Å²) < 4.78 is 0. The monoisotopic (exact) mass is 352 g/mol. The van der Waals surface area contributed by atoms with Crippen LogP contribution in [0.25, 0.3) is 0 Å². The summed E-state index contributed by atoms with van der Waals surface area (Å²) in [5.74, 6) is 0.390. The van der Waals surface area contributed by atoms with E-state index in [0.29, 0.717) is 23.9 Å². The molecule has 0 aliphatic rings. The van der Waals surface area contributed by atoms with Crippen molar-refractivity contribution in [3.8, 4) is 0 Å². The van der Waals surface area contributed by atoms with Crippen LogP contribution in [0.3, 0.4) is 0 Å². The summed E-state index contributed by atoms with van der Waals surface area (Å²) in [5, 5.41) is 5.86. The molecule has 4 nitrogen and oxygen atoms in total. The Hall–Kier alpha value is -2.62. The number of benzene rings is 2. The lowest BCUT2D eigenvalue weighted by Gasteiger charge is -2.20. The van der Waals surface area contributed by atoms with Gasteiger partial charge in [-0.3, -0.25) is 9.59 Å². The third-order valence-corrected chi connectivity index (χ3v) is 4.31. The van der Waals surface area contributed by atoms with E-state index in [0.717, 1.165) is 16.8 Å². The van der Waals surface area contributed by atoms with Crippen LogP contribution in [0.2, 0.25) is 0 Å². The molecule has 26 heavy (non-hydrogen) atoms. The normalized spacial score (nSPS) is 10.8. The van der Waals surface area contributed by atoms with Crippen LogP contribution < -0.4 is 10.6 Å². The van der Waals surface area contributed by atoms with Gasteiger partial charge in [-0.15, -0.1) is 0 Å². The quantitative estimate of drug-likeness (QED) is 0.759. The fourth-order valence-corrected chi connectivity index (χ4v) is 2.88. The molecule has 0 aliphatic heterocycles. The number of anilines is 1. The zero-order valence-electron chi connectivity index (χ0n) is 16.0. The van der Waals surface area contributed by atoms with E-state index < -0.39 is 0 Å². The molecule has 4 heteroatoms. The van der Waals surface area contributed by atoms with E-state index >= 15 is 0 Å². The van der Waals surface area contributed by atoms with E-state index in [9.17, 15) is 9.59 Å². The van der Waals surface area contributed by atoms with E-state index in [4.69, 9.17) is 0 Å². The van der Waals surface area contributed by atoms with Gasteiger partial charge < -0.3 is 10.6 Å². The Bertz CT molecular complexity index is 726. The first-order valence-electron chi connectivity index (χ1n) is 9.16. The number of rotatable bonds is 7. The first-order chi connectivity index (χ1) is 12.4. The van der Waals surface area contributed by atoms with Crippen molar-refractivity contribution in [1.82, 2.24) is 5.32 Å². The highest BCUT2D eigenvalue weighted by Gasteiger charge is 2.16. The zero-order valence-corrected chi connectivity index (χ0v) is 16.0. The third-order valence-electron chi connectivity index (χ3n) is 4.31. The average Bonchev–Trinajstić information content (AvgIpc) is 2.62. The average molecular weight is 352 g/mol. The Kier molecular flexibility index (Phi) is 6.96. The van der Waals surface area contributed by atoms with Crippen molar-refractivity contribution >= 4 is 17.5 Å². The molecule has 0 radical (unpaired) electrons. The molecule has 0 fully saturated rings. The second kappa shape index (κ2) is 9.18. The Morgan fingerprint density at radius 1 is 0.846 bits per heavy atom. The van der Waals surface area contributed by atoms with Crippen molar-refractivity contribution in [3.63, 3.8) is 0 Å². The minimum atomic E-state index is -0.163. The fraction of sp³-hybridized carbons (Fsp3) is 0.364. The van der Waals surface area contributed by atoms with Crippen LogP contribution in [0.15, 0.2) is 48.5 Å². The van der Waals surface area contributed by atoms with Gasteiger partial charge in [0.15, 0.2) is 0 Å². The van der Waals surface area contributed by atoms with Crippen LogP contribution >= 0.6 is 0 Å². The van der Waals surface area contributed by atoms with E-state index in [2.05, 4.69) is 50.5 Å². The molecule has 0 unspecified atom stereocenters. The van der Waals surface area contributed by atoms with Crippen molar-refractivity contribution in [2.45, 2.75) is 46.0 Å². The standard InChI is InChI=1S/C22H28N2O2/c1-15(2)18-11-8-12-19(16(3)4)21(18)24-20(25)13-14-23-22(26)17-9-6-5-7-10-17/h5-12,15-16H,13-14H2,1-4H3,(H,23,26)(H,24,25). The molecular weight excluding hydrogens is 324 g/mol. The van der Waals surface area contributed by atoms with Gasteiger partial charge in [0.1, 0.15) is 0 Å². The largest absolute Gasteiger partial charge is 0.352 e. The van der Waals surface area contributed by atoms with Gasteiger partial charge in [-0.2, -0.15) is 0 Å². The molecule has 2 aromatic carbocycles. The van der Waals surface area contributed by atoms with E-state index in [1.54, 1.807) is 12.1 Å². The molecule has 0 saturated heterocycles. The molecule has 2 amide bonds. The summed E-state index contributed by atoms with van der Waals surface area (Å²) >= 11 is 0. The Morgan fingerprint density at radius 2 is 1.42 bits per heavy atom. The molecule has 0 saturated carbocycles. The highest BCUT2D eigenvalue weighted by molar-refractivity contribution is 5.95. The van der Waals surface area contributed by atoms with E-state index in [-0.39, 0.29) is 18.2 Å². The minimum Gasteiger partial charge on any atom is -0.352 e. The molecule has 2 aromatic rings. The van der Waals surface area contributed by atoms with Gasteiger partial charge in [-0.1, -0.05) is 64.1 Å². The lowest BCUT2D eigenvalue weighted by Crippen LogP contribution is -2.28. The number of hydrogen-bond donors (Lipinski definition) is 2. The first kappa shape index (κ1) is 19.7. The van der Waals surface area contributed by atoms with Gasteiger partial charge >= 0.3 is 0 Å². The van der Waals surface area contributed by atoms with Crippen LogP contribution in [0.4, 0.5) is 5.69 Å². The predicted molar refractivity (Wildman–Crippen MR) is 107 cm³/mol. The topological polar surface area (TPSA) is 58.2 Å². The lowest BCUT2D eigenvalue weighted by molar-refractivity contribution is -0.116. The lowest BCUT2D eigenvalue weighted by atomic mass is 9.92. The summed E-state index contributed by atoms with van der Waals surface area (Å²) in [4.78, 5) is 24.4. The first-order valence-corrected chi connectivity index (χ1v) is 9.16. The molecule has 2 rings (SSSR count). The van der Waals surface area contributed by atoms with Crippen LogP contribution in [-0.4, -0.2) is 18.4 Å². The highest BCUT2D eigenvalue weighted by atomic mass is 16.2. The summed E-state index contributed by atoms with van der Waals surface area (Å²) in [6.45, 7) is 8.79. The van der Waals surface area contributed by atoms with Crippen LogP contribution in [0, 0.1) is 0 Å². The third kappa shape index (κ3) is 5.19. The Balaban J connectivity index is 1.98. The molecule has 138 valence electrons. The van der Waals surface area contributed by atoms with Crippen molar-refractivity contribution in [1.29, 1.82) is 0 Å². The second-order valence-corrected chi connectivity index (χ2v) is 7.04. The van der Waals surface area contributed by atoms with E-state index in [1.807, 2.05) is 24.3 Å². The van der Waals surface area contributed by atoms with Gasteiger partial charge in [0.25, 0.3) is 5.91 Å². The maximum atomic E-state index is 12.4. The second-order valence-electron chi connectivity index (χ2n) is 7.04. The highest BCUT2D eigenvalue weighted by Crippen LogP contribution is 2.32. The number of carbonyl (C=O) groups is 2. The SMILES string of the molecule is CC(C)c1cccc(C(C)C)c1NC(=O)CCNC(=O)c1ccccc1. The molecule has 2 N–H and O–H groups in total. The zero-order chi connectivity index (χ0) is 19.1. The maximum Gasteiger partial charge on any atom is 0.251 e. The summed E-state index contributed by atoms with van der Waals surface area (Å²) in [6, 6.07) is 15.2. The summed E-state index contributed by atoms with van der Waals surface area (Å²) in [6.07, 6.45) is 0.239. The molecule has 0 aliphatic carbocycles. The molecule has 0 spiro atoms. The van der Waals surface area contributed by atoms with Crippen molar-refractivity contribution < 1.29 is 9.59 Å². The smallest absolute Gasteiger partial charge is 0.251 e. The van der Waals surface area contributed by atoms with Crippen LogP contribution in [-0.2, 0) is 4.79 Å². The molecular formula is C22H28N2O2. The van der Waals surface area contributed by atoms with Gasteiger partial charge in [-0.25, -0.2) is 0 Å². The number of nitrogens with one attached hydrogen (secondary N) is 2. The van der Waals surface area contributed by atoms with Gasteiger partial charge in [0.05, 0.1) is 0 Å². The molecule has 0 bridgehead atoms. The number of carbonyl (C=O) groups excluding carboxylic acids is 2. The Labute approximate surface area is 156 Å². The number of amides is 2. The Morgan fingerprint density at radius 3 is 1.96 bits per heavy atom. The summed E-state index contributed by atoms with van der Waals surface area (Å²) in [7, 11) is 0. The fourth-order valence-electron chi connectivity index (χ4n) is 2.88. The number of hydrogen-bond acceptors (Lipinski definition) is 2. The molecule has 0 atom stereocenters. The van der Waals surface area contributed by atoms with Gasteiger partial charge in [0.2, 0.25) is 5.91 Å². The van der Waals surface area contributed by atoms with Crippen LogP contribution in [0.5, 0.6) is 0 Å². The maximum absolute atomic E-state index is 12.4. The van der Waals surface area contributed by atoms with Gasteiger partial charge in [-0.05, 0) is 35.1 Å². The van der Waals surface area contributed by atoms with Gasteiger partial charge in [0, 0.05) is 24.2 Å². The van der Waals surface area contributed by atoms with Crippen molar-refractivity contribution in [2.75, 3.05) is 11.9 Å². The van der Waals surface area contributed by atoms with Crippen molar-refractivity contribution in [2.24, 2.45) is 0 Å². The predicted octanol–water partition coefficient (Wildman–Crippen LogP) is 4.69. The minimum absolute atomic E-state index is 0.0895. The molecule has 0 heterocycles. The van der Waals surface area contributed by atoms with Crippen LogP contribution in [0.1, 0.15) is 67.4 Å². The van der Waals surface area contributed by atoms with Crippen molar-refractivity contribution in [3.05, 3.63) is 65.2 Å². The summed E-state index contributed by atoms with van der Waals surface area (Å²) in [5.41, 5.74) is 3.78. The number of para-hydroxylation sites is 1. The van der Waals surface area contributed by atoms with E-state index in [1.165, 1.54) is 0 Å².